The Balaban J connectivity index is 2.51. The van der Waals surface area contributed by atoms with Crippen LogP contribution in [-0.4, -0.2) is 41.9 Å². The second-order valence-electron chi connectivity index (χ2n) is 6.45. The minimum absolute atomic E-state index is 0.211. The first-order chi connectivity index (χ1) is 10.2. The van der Waals surface area contributed by atoms with Crippen molar-refractivity contribution in [1.29, 1.82) is 0 Å². The third kappa shape index (κ3) is 6.32. The van der Waals surface area contributed by atoms with Crippen molar-refractivity contribution in [2.24, 2.45) is 11.8 Å². The van der Waals surface area contributed by atoms with E-state index in [9.17, 15) is 14.4 Å². The highest BCUT2D eigenvalue weighted by molar-refractivity contribution is 6.65. The number of halogens is 1. The minimum Gasteiger partial charge on any atom is -0.354 e. The first-order valence-electron chi connectivity index (χ1n) is 7.65. The molecule has 1 rings (SSSR count). The van der Waals surface area contributed by atoms with Gasteiger partial charge in [0.25, 0.3) is 11.1 Å². The number of hydrogen-bond donors (Lipinski definition) is 2. The summed E-state index contributed by atoms with van der Waals surface area (Å²) in [6.45, 7) is 8.67. The Morgan fingerprint density at radius 1 is 1.09 bits per heavy atom. The van der Waals surface area contributed by atoms with Gasteiger partial charge in [0.1, 0.15) is 6.04 Å². The van der Waals surface area contributed by atoms with Gasteiger partial charge in [-0.25, -0.2) is 0 Å². The van der Waals surface area contributed by atoms with E-state index in [1.807, 2.05) is 13.8 Å². The van der Waals surface area contributed by atoms with Crippen LogP contribution in [0.5, 0.6) is 0 Å². The molecule has 0 unspecified atom stereocenters. The van der Waals surface area contributed by atoms with Crippen molar-refractivity contribution in [3.63, 3.8) is 0 Å². The zero-order valence-corrected chi connectivity index (χ0v) is 14.3. The van der Waals surface area contributed by atoms with E-state index in [4.69, 9.17) is 16.3 Å². The summed E-state index contributed by atoms with van der Waals surface area (Å²) < 4.78 is 4.91. The molecule has 0 bridgehead atoms. The summed E-state index contributed by atoms with van der Waals surface area (Å²) in [6.07, 6.45) is -0.359. The number of hydrogen-bond acceptors (Lipinski definition) is 4. The Kier molecular flexibility index (Phi) is 7.29. The van der Waals surface area contributed by atoms with Crippen LogP contribution < -0.4 is 10.6 Å². The predicted octanol–water partition coefficient (Wildman–Crippen LogP) is 1.21. The number of epoxide rings is 1. The van der Waals surface area contributed by atoms with Gasteiger partial charge >= 0.3 is 0 Å². The first-order valence-corrected chi connectivity index (χ1v) is 8.03. The molecule has 1 heterocycles. The van der Waals surface area contributed by atoms with E-state index in [1.165, 1.54) is 0 Å². The summed E-state index contributed by atoms with van der Waals surface area (Å²) in [4.78, 5) is 35.1. The topological polar surface area (TPSA) is 87.8 Å². The van der Waals surface area contributed by atoms with E-state index in [0.29, 0.717) is 18.9 Å². The average Bonchev–Trinajstić information content (AvgIpc) is 3.16. The maximum atomic E-state index is 12.2. The second kappa shape index (κ2) is 8.48. The van der Waals surface area contributed by atoms with Crippen LogP contribution in [0.2, 0.25) is 0 Å². The molecule has 0 saturated carbocycles. The monoisotopic (exact) mass is 332 g/mol. The molecule has 1 saturated heterocycles. The predicted molar refractivity (Wildman–Crippen MR) is 83.4 cm³/mol. The molecule has 0 aromatic heterocycles. The standard InChI is InChI=1S/C15H25ClN2O4/c1-8(2)5-6-17-14(20)10(7-9(3)4)18-15(21)12-11(22-12)13(16)19/h8-12H,5-7H2,1-4H3,(H,17,20)(H,18,21)/t10-,11-,12-/m1/s1. The maximum Gasteiger partial charge on any atom is 0.253 e. The fraction of sp³-hybridized carbons (Fsp3) is 0.800. The lowest BCUT2D eigenvalue weighted by atomic mass is 10.0. The SMILES string of the molecule is CC(C)CCNC(=O)[C@@H](CC(C)C)NC(=O)[C@@H]1O[C@H]1C(=O)Cl. The van der Waals surface area contributed by atoms with Gasteiger partial charge in [-0.15, -0.1) is 0 Å². The number of carbonyl (C=O) groups is 3. The van der Waals surface area contributed by atoms with E-state index in [0.717, 1.165) is 6.42 Å². The van der Waals surface area contributed by atoms with Crippen molar-refractivity contribution in [1.82, 2.24) is 10.6 Å². The molecule has 2 N–H and O–H groups in total. The van der Waals surface area contributed by atoms with Crippen molar-refractivity contribution in [2.45, 2.75) is 58.8 Å². The van der Waals surface area contributed by atoms with Gasteiger partial charge in [-0.1, -0.05) is 27.7 Å². The Hall–Kier alpha value is -1.14. The van der Waals surface area contributed by atoms with Crippen LogP contribution in [0.15, 0.2) is 0 Å². The van der Waals surface area contributed by atoms with Gasteiger partial charge in [-0.3, -0.25) is 14.4 Å². The van der Waals surface area contributed by atoms with Crippen LogP contribution in [0.4, 0.5) is 0 Å². The highest BCUT2D eigenvalue weighted by atomic mass is 35.5. The summed E-state index contributed by atoms with van der Waals surface area (Å²) in [5.41, 5.74) is 0. The third-order valence-corrected chi connectivity index (χ3v) is 3.55. The largest absolute Gasteiger partial charge is 0.354 e. The van der Waals surface area contributed by atoms with Gasteiger partial charge in [0.15, 0.2) is 12.2 Å². The molecule has 0 radical (unpaired) electrons. The van der Waals surface area contributed by atoms with Gasteiger partial charge in [-0.2, -0.15) is 0 Å². The molecule has 0 aromatic carbocycles. The van der Waals surface area contributed by atoms with E-state index < -0.39 is 29.4 Å². The van der Waals surface area contributed by atoms with Crippen molar-refractivity contribution < 1.29 is 19.1 Å². The van der Waals surface area contributed by atoms with Crippen molar-refractivity contribution in [2.75, 3.05) is 6.54 Å². The molecule has 126 valence electrons. The Labute approximate surface area is 136 Å². The third-order valence-electron chi connectivity index (χ3n) is 3.33. The molecular formula is C15H25ClN2O4. The second-order valence-corrected chi connectivity index (χ2v) is 6.82. The molecular weight excluding hydrogens is 308 g/mol. The van der Waals surface area contributed by atoms with E-state index in [1.54, 1.807) is 0 Å². The zero-order chi connectivity index (χ0) is 16.9. The quantitative estimate of drug-likeness (QED) is 0.491. The van der Waals surface area contributed by atoms with Crippen LogP contribution in [0.25, 0.3) is 0 Å². The summed E-state index contributed by atoms with van der Waals surface area (Å²) in [6, 6.07) is -0.630. The molecule has 1 aliphatic rings. The highest BCUT2D eigenvalue weighted by Crippen LogP contribution is 2.24. The fourth-order valence-corrected chi connectivity index (χ4v) is 2.21. The van der Waals surface area contributed by atoms with Gasteiger partial charge in [0.05, 0.1) is 0 Å². The molecule has 2 amide bonds. The molecule has 1 aliphatic heterocycles. The van der Waals surface area contributed by atoms with Crippen LogP contribution in [0.1, 0.15) is 40.5 Å². The zero-order valence-electron chi connectivity index (χ0n) is 13.5. The van der Waals surface area contributed by atoms with Crippen molar-refractivity contribution >= 4 is 28.7 Å². The molecule has 3 atom stereocenters. The Morgan fingerprint density at radius 3 is 2.18 bits per heavy atom. The van der Waals surface area contributed by atoms with Crippen molar-refractivity contribution in [3.8, 4) is 0 Å². The summed E-state index contributed by atoms with van der Waals surface area (Å²) in [5, 5.41) is 4.78. The lowest BCUT2D eigenvalue weighted by Gasteiger charge is -2.20. The summed E-state index contributed by atoms with van der Waals surface area (Å²) in [7, 11) is 0. The van der Waals surface area contributed by atoms with E-state index >= 15 is 0 Å². The lowest BCUT2D eigenvalue weighted by Crippen LogP contribution is -2.49. The lowest BCUT2D eigenvalue weighted by molar-refractivity contribution is -0.130. The number of amides is 2. The number of ether oxygens (including phenoxy) is 1. The maximum absolute atomic E-state index is 12.2. The van der Waals surface area contributed by atoms with Crippen molar-refractivity contribution in [3.05, 3.63) is 0 Å². The molecule has 22 heavy (non-hydrogen) atoms. The van der Waals surface area contributed by atoms with Crippen LogP contribution in [0, 0.1) is 11.8 Å². The van der Waals surface area contributed by atoms with Gasteiger partial charge < -0.3 is 15.4 Å². The van der Waals surface area contributed by atoms with Gasteiger partial charge in [0.2, 0.25) is 5.91 Å². The molecule has 7 heteroatoms. The molecule has 1 fully saturated rings. The van der Waals surface area contributed by atoms with Crippen LogP contribution >= 0.6 is 11.6 Å². The number of carbonyl (C=O) groups excluding carboxylic acids is 3. The number of rotatable bonds is 9. The van der Waals surface area contributed by atoms with E-state index in [-0.39, 0.29) is 11.8 Å². The molecule has 6 nitrogen and oxygen atoms in total. The van der Waals surface area contributed by atoms with E-state index in [2.05, 4.69) is 24.5 Å². The Morgan fingerprint density at radius 2 is 1.73 bits per heavy atom. The van der Waals surface area contributed by atoms with Crippen LogP contribution in [0.3, 0.4) is 0 Å². The van der Waals surface area contributed by atoms with Crippen LogP contribution in [-0.2, 0) is 19.1 Å². The number of nitrogens with one attached hydrogen (secondary N) is 2. The minimum atomic E-state index is -0.884. The fourth-order valence-electron chi connectivity index (χ4n) is 2.05. The van der Waals surface area contributed by atoms with Gasteiger partial charge in [-0.05, 0) is 36.3 Å². The summed E-state index contributed by atoms with van der Waals surface area (Å²) in [5.74, 6) is 0.0567. The van der Waals surface area contributed by atoms with Gasteiger partial charge in [0, 0.05) is 6.54 Å². The first kappa shape index (κ1) is 18.9. The molecule has 0 aromatic rings. The Bertz CT molecular complexity index is 426. The highest BCUT2D eigenvalue weighted by Gasteiger charge is 2.50. The molecule has 0 aliphatic carbocycles. The smallest absolute Gasteiger partial charge is 0.253 e. The normalized spacial score (nSPS) is 21.6. The summed E-state index contributed by atoms with van der Waals surface area (Å²) >= 11 is 5.27. The molecule has 0 spiro atoms. The average molecular weight is 333 g/mol.